The molecule has 3 rings (SSSR count). The van der Waals surface area contributed by atoms with E-state index >= 15 is 0 Å². The number of hydrogen-bond acceptors (Lipinski definition) is 3. The van der Waals surface area contributed by atoms with Crippen molar-refractivity contribution in [2.75, 3.05) is 0 Å². The molecule has 0 spiro atoms. The van der Waals surface area contributed by atoms with Gasteiger partial charge in [0.1, 0.15) is 22.5 Å². The molecule has 4 heteroatoms. The highest BCUT2D eigenvalue weighted by Gasteiger charge is 2.05. The third-order valence-corrected chi connectivity index (χ3v) is 3.13. The van der Waals surface area contributed by atoms with Crippen LogP contribution in [-0.4, -0.2) is 9.97 Å². The fraction of sp³-hybridized carbons (Fsp3) is 0.0667. The normalized spacial score (nSPS) is 10.6. The maximum absolute atomic E-state index is 5.84. The van der Waals surface area contributed by atoms with E-state index in [2.05, 4.69) is 25.9 Å². The van der Waals surface area contributed by atoms with E-state index in [-0.39, 0.29) is 0 Å². The Morgan fingerprint density at radius 3 is 2.68 bits per heavy atom. The predicted octanol–water partition coefficient (Wildman–Crippen LogP) is 3.97. The van der Waals surface area contributed by atoms with E-state index in [4.69, 9.17) is 4.74 Å². The van der Waals surface area contributed by atoms with Crippen LogP contribution in [0.5, 0.6) is 5.75 Å². The van der Waals surface area contributed by atoms with Crippen LogP contribution in [0.2, 0.25) is 0 Å². The van der Waals surface area contributed by atoms with Crippen molar-refractivity contribution in [2.45, 2.75) is 6.61 Å². The van der Waals surface area contributed by atoms with Gasteiger partial charge in [0.05, 0.1) is 11.7 Å². The molecule has 0 amide bonds. The van der Waals surface area contributed by atoms with E-state index in [1.54, 1.807) is 6.20 Å². The largest absolute Gasteiger partial charge is 0.487 e. The Hall–Kier alpha value is -1.94. The summed E-state index contributed by atoms with van der Waals surface area (Å²) in [6.07, 6.45) is 1.68. The van der Waals surface area contributed by atoms with Crippen molar-refractivity contribution < 1.29 is 4.74 Å². The van der Waals surface area contributed by atoms with Gasteiger partial charge in [-0.25, -0.2) is 4.98 Å². The van der Waals surface area contributed by atoms with Crippen LogP contribution in [0.4, 0.5) is 0 Å². The Balaban J connectivity index is 1.90. The first kappa shape index (κ1) is 12.1. The van der Waals surface area contributed by atoms with Gasteiger partial charge in [0, 0.05) is 0 Å². The van der Waals surface area contributed by atoms with Gasteiger partial charge in [-0.1, -0.05) is 36.4 Å². The van der Waals surface area contributed by atoms with Crippen LogP contribution in [0.1, 0.15) is 5.56 Å². The average molecular weight is 315 g/mol. The minimum atomic E-state index is 0.522. The molecule has 0 aliphatic heterocycles. The minimum absolute atomic E-state index is 0.522. The molecule has 19 heavy (non-hydrogen) atoms. The molecule has 2 aromatic carbocycles. The standard InChI is InChI=1S/C15H11BrN2O/c16-14-9-17-12-7-4-8-13(15(12)18-14)19-10-11-5-2-1-3-6-11/h1-9H,10H2. The maximum atomic E-state index is 5.84. The van der Waals surface area contributed by atoms with Gasteiger partial charge in [0.2, 0.25) is 0 Å². The number of fused-ring (bicyclic) bond motifs is 1. The first-order chi connectivity index (χ1) is 9.33. The Morgan fingerprint density at radius 2 is 1.84 bits per heavy atom. The van der Waals surface area contributed by atoms with Crippen LogP contribution in [0.25, 0.3) is 11.0 Å². The summed E-state index contributed by atoms with van der Waals surface area (Å²) in [4.78, 5) is 8.72. The third-order valence-electron chi connectivity index (χ3n) is 2.74. The fourth-order valence-corrected chi connectivity index (χ4v) is 2.12. The van der Waals surface area contributed by atoms with Gasteiger partial charge in [-0.15, -0.1) is 0 Å². The highest BCUT2D eigenvalue weighted by atomic mass is 79.9. The summed E-state index contributed by atoms with van der Waals surface area (Å²) in [5, 5.41) is 0. The lowest BCUT2D eigenvalue weighted by molar-refractivity contribution is 0.309. The van der Waals surface area contributed by atoms with Gasteiger partial charge >= 0.3 is 0 Å². The monoisotopic (exact) mass is 314 g/mol. The predicted molar refractivity (Wildman–Crippen MR) is 78.0 cm³/mol. The van der Waals surface area contributed by atoms with Crippen molar-refractivity contribution in [3.05, 3.63) is 64.9 Å². The van der Waals surface area contributed by atoms with Crippen molar-refractivity contribution >= 4 is 27.0 Å². The van der Waals surface area contributed by atoms with Crippen molar-refractivity contribution in [3.63, 3.8) is 0 Å². The average Bonchev–Trinajstić information content (AvgIpc) is 2.46. The summed E-state index contributed by atoms with van der Waals surface area (Å²) in [6.45, 7) is 0.522. The lowest BCUT2D eigenvalue weighted by atomic mass is 10.2. The highest BCUT2D eigenvalue weighted by Crippen LogP contribution is 2.24. The lowest BCUT2D eigenvalue weighted by Gasteiger charge is -2.08. The zero-order valence-corrected chi connectivity index (χ0v) is 11.7. The molecule has 3 aromatic rings. The molecule has 1 aromatic heterocycles. The van der Waals surface area contributed by atoms with Gasteiger partial charge in [-0.05, 0) is 33.6 Å². The number of ether oxygens (including phenoxy) is 1. The van der Waals surface area contributed by atoms with E-state index in [1.807, 2.05) is 48.5 Å². The molecule has 0 bridgehead atoms. The Labute approximate surface area is 119 Å². The van der Waals surface area contributed by atoms with Gasteiger partial charge in [0.25, 0.3) is 0 Å². The Kier molecular flexibility index (Phi) is 3.42. The van der Waals surface area contributed by atoms with Crippen LogP contribution in [0.3, 0.4) is 0 Å². The first-order valence-electron chi connectivity index (χ1n) is 5.91. The van der Waals surface area contributed by atoms with Gasteiger partial charge in [-0.3, -0.25) is 4.98 Å². The second-order valence-electron chi connectivity index (χ2n) is 4.09. The summed E-state index contributed by atoms with van der Waals surface area (Å²) in [6, 6.07) is 15.8. The SMILES string of the molecule is Brc1cnc2cccc(OCc3ccccc3)c2n1. The van der Waals surface area contributed by atoms with Crippen molar-refractivity contribution in [3.8, 4) is 5.75 Å². The molecule has 0 saturated heterocycles. The molecule has 0 aliphatic carbocycles. The van der Waals surface area contributed by atoms with E-state index in [1.165, 1.54) is 0 Å². The zero-order chi connectivity index (χ0) is 13.1. The van der Waals surface area contributed by atoms with Gasteiger partial charge in [-0.2, -0.15) is 0 Å². The van der Waals surface area contributed by atoms with Crippen LogP contribution < -0.4 is 4.74 Å². The molecular formula is C15H11BrN2O. The fourth-order valence-electron chi connectivity index (χ4n) is 1.84. The maximum Gasteiger partial charge on any atom is 0.147 e. The molecule has 0 radical (unpaired) electrons. The minimum Gasteiger partial charge on any atom is -0.487 e. The second-order valence-corrected chi connectivity index (χ2v) is 4.90. The van der Waals surface area contributed by atoms with Crippen LogP contribution >= 0.6 is 15.9 Å². The molecular weight excluding hydrogens is 304 g/mol. The molecule has 0 aliphatic rings. The van der Waals surface area contributed by atoms with Crippen LogP contribution in [0.15, 0.2) is 59.3 Å². The Morgan fingerprint density at radius 1 is 1.00 bits per heavy atom. The second kappa shape index (κ2) is 5.36. The van der Waals surface area contributed by atoms with Gasteiger partial charge in [0.15, 0.2) is 0 Å². The molecule has 0 saturated carbocycles. The van der Waals surface area contributed by atoms with Crippen molar-refractivity contribution in [1.29, 1.82) is 0 Å². The molecule has 0 fully saturated rings. The number of nitrogens with zero attached hydrogens (tertiary/aromatic N) is 2. The number of rotatable bonds is 3. The summed E-state index contributed by atoms with van der Waals surface area (Å²) in [5.74, 6) is 0.746. The first-order valence-corrected chi connectivity index (χ1v) is 6.70. The number of halogens is 1. The molecule has 0 atom stereocenters. The van der Waals surface area contributed by atoms with Gasteiger partial charge < -0.3 is 4.74 Å². The number of para-hydroxylation sites is 1. The van der Waals surface area contributed by atoms with E-state index in [0.29, 0.717) is 11.2 Å². The molecule has 3 nitrogen and oxygen atoms in total. The van der Waals surface area contributed by atoms with E-state index in [9.17, 15) is 0 Å². The molecule has 1 heterocycles. The summed E-state index contributed by atoms with van der Waals surface area (Å²) in [7, 11) is 0. The van der Waals surface area contributed by atoms with Crippen molar-refractivity contribution in [1.82, 2.24) is 9.97 Å². The molecule has 0 unspecified atom stereocenters. The van der Waals surface area contributed by atoms with E-state index < -0.39 is 0 Å². The number of benzene rings is 2. The molecule has 0 N–H and O–H groups in total. The summed E-state index contributed by atoms with van der Waals surface area (Å²) < 4.78 is 6.54. The van der Waals surface area contributed by atoms with Crippen LogP contribution in [0, 0.1) is 0 Å². The van der Waals surface area contributed by atoms with E-state index in [0.717, 1.165) is 22.3 Å². The topological polar surface area (TPSA) is 35.0 Å². The quantitative estimate of drug-likeness (QED) is 0.733. The summed E-state index contributed by atoms with van der Waals surface area (Å²) >= 11 is 3.33. The third kappa shape index (κ3) is 2.74. The molecule has 94 valence electrons. The summed E-state index contributed by atoms with van der Waals surface area (Å²) in [5.41, 5.74) is 2.73. The smallest absolute Gasteiger partial charge is 0.147 e. The highest BCUT2D eigenvalue weighted by molar-refractivity contribution is 9.10. The van der Waals surface area contributed by atoms with Crippen molar-refractivity contribution in [2.24, 2.45) is 0 Å². The lowest BCUT2D eigenvalue weighted by Crippen LogP contribution is -1.97. The Bertz CT molecular complexity index is 701. The number of hydrogen-bond donors (Lipinski definition) is 0. The van der Waals surface area contributed by atoms with Crippen LogP contribution in [-0.2, 0) is 6.61 Å². The zero-order valence-electron chi connectivity index (χ0n) is 10.1. The number of aromatic nitrogens is 2.